The van der Waals surface area contributed by atoms with Crippen molar-refractivity contribution in [3.05, 3.63) is 65.2 Å². The lowest BCUT2D eigenvalue weighted by atomic mass is 10.0. The number of benzene rings is 2. The van der Waals surface area contributed by atoms with Crippen LogP contribution in [0.5, 0.6) is 5.75 Å². The number of hydrogen-bond donors (Lipinski definition) is 1. The van der Waals surface area contributed by atoms with Crippen LogP contribution in [0, 0.1) is 0 Å². The monoisotopic (exact) mass is 372 g/mol. The smallest absolute Gasteiger partial charge is 0.260 e. The lowest BCUT2D eigenvalue weighted by Gasteiger charge is -2.32. The van der Waals surface area contributed by atoms with Crippen molar-refractivity contribution in [3.8, 4) is 5.75 Å². The minimum Gasteiger partial charge on any atom is -0.479 e. The Kier molecular flexibility index (Phi) is 6.53. The van der Waals surface area contributed by atoms with Gasteiger partial charge in [-0.1, -0.05) is 54.1 Å². The number of nitrogens with zero attached hydrogens (tertiary/aromatic N) is 1. The summed E-state index contributed by atoms with van der Waals surface area (Å²) in [5, 5.41) is 3.62. The van der Waals surface area contributed by atoms with Gasteiger partial charge in [0.05, 0.1) is 5.02 Å². The number of rotatable bonds is 6. The highest BCUT2D eigenvalue weighted by Crippen LogP contribution is 2.24. The maximum absolute atomic E-state index is 12.4. The first-order chi connectivity index (χ1) is 12.6. The van der Waals surface area contributed by atoms with Crippen LogP contribution >= 0.6 is 11.6 Å². The van der Waals surface area contributed by atoms with Gasteiger partial charge in [0.15, 0.2) is 6.10 Å². The number of carbonyl (C=O) groups is 1. The summed E-state index contributed by atoms with van der Waals surface area (Å²) in [7, 11) is 0. The highest BCUT2D eigenvalue weighted by Gasteiger charge is 2.23. The van der Waals surface area contributed by atoms with Crippen LogP contribution in [0.3, 0.4) is 0 Å². The Morgan fingerprint density at radius 3 is 2.50 bits per heavy atom. The Balaban J connectivity index is 1.43. The molecule has 2 aromatic rings. The van der Waals surface area contributed by atoms with E-state index in [1.165, 1.54) is 5.56 Å². The number of carbonyl (C=O) groups excluding carboxylic acids is 1. The predicted octanol–water partition coefficient (Wildman–Crippen LogP) is 3.89. The summed E-state index contributed by atoms with van der Waals surface area (Å²) >= 11 is 6.09. The second kappa shape index (κ2) is 9.06. The molecule has 4 nitrogen and oxygen atoms in total. The second-order valence-electron chi connectivity index (χ2n) is 6.74. The van der Waals surface area contributed by atoms with E-state index in [2.05, 4.69) is 34.5 Å². The third-order valence-corrected chi connectivity index (χ3v) is 5.00. The number of nitrogens with one attached hydrogen (secondary N) is 1. The van der Waals surface area contributed by atoms with Gasteiger partial charge in [0.25, 0.3) is 5.91 Å². The first kappa shape index (κ1) is 18.7. The fraction of sp³-hybridized carbons (Fsp3) is 0.381. The summed E-state index contributed by atoms with van der Waals surface area (Å²) < 4.78 is 5.69. The molecule has 1 heterocycles. The minimum atomic E-state index is -0.572. The van der Waals surface area contributed by atoms with Gasteiger partial charge in [-0.2, -0.15) is 0 Å². The van der Waals surface area contributed by atoms with Crippen LogP contribution in [0.15, 0.2) is 54.6 Å². The molecule has 0 bridgehead atoms. The van der Waals surface area contributed by atoms with Crippen molar-refractivity contribution in [2.24, 2.45) is 0 Å². The van der Waals surface area contributed by atoms with Gasteiger partial charge in [0.2, 0.25) is 0 Å². The van der Waals surface area contributed by atoms with Crippen LogP contribution in [-0.4, -0.2) is 36.0 Å². The number of para-hydroxylation sites is 1. The molecule has 1 N–H and O–H groups in total. The molecule has 0 radical (unpaired) electrons. The van der Waals surface area contributed by atoms with Crippen molar-refractivity contribution in [3.63, 3.8) is 0 Å². The zero-order valence-electron chi connectivity index (χ0n) is 15.0. The van der Waals surface area contributed by atoms with E-state index in [0.29, 0.717) is 10.8 Å². The van der Waals surface area contributed by atoms with E-state index in [-0.39, 0.29) is 11.9 Å². The molecule has 1 amide bonds. The van der Waals surface area contributed by atoms with Gasteiger partial charge in [-0.25, -0.2) is 0 Å². The van der Waals surface area contributed by atoms with Gasteiger partial charge in [0.1, 0.15) is 5.75 Å². The molecule has 0 spiro atoms. The maximum atomic E-state index is 12.4. The number of halogens is 1. The molecule has 1 saturated heterocycles. The Labute approximate surface area is 160 Å². The number of amides is 1. The molecule has 0 saturated carbocycles. The van der Waals surface area contributed by atoms with Crippen LogP contribution in [0.2, 0.25) is 5.02 Å². The summed E-state index contributed by atoms with van der Waals surface area (Å²) in [6.45, 7) is 4.69. The first-order valence-corrected chi connectivity index (χ1v) is 9.47. The SMILES string of the molecule is CC(Oc1ccccc1Cl)C(=O)NC1CCN(Cc2ccccc2)CC1. The molecular formula is C21H25ClN2O2. The van der Waals surface area contributed by atoms with Crippen molar-refractivity contribution in [1.29, 1.82) is 0 Å². The average molecular weight is 373 g/mol. The van der Waals surface area contributed by atoms with Crippen LogP contribution in [0.25, 0.3) is 0 Å². The van der Waals surface area contributed by atoms with E-state index in [1.54, 1.807) is 19.1 Å². The highest BCUT2D eigenvalue weighted by atomic mass is 35.5. The van der Waals surface area contributed by atoms with Gasteiger partial charge < -0.3 is 10.1 Å². The number of ether oxygens (including phenoxy) is 1. The topological polar surface area (TPSA) is 41.6 Å². The van der Waals surface area contributed by atoms with Crippen LogP contribution < -0.4 is 10.1 Å². The van der Waals surface area contributed by atoms with E-state index >= 15 is 0 Å². The number of piperidine rings is 1. The minimum absolute atomic E-state index is 0.0913. The van der Waals surface area contributed by atoms with Crippen molar-refractivity contribution in [2.75, 3.05) is 13.1 Å². The Bertz CT molecular complexity index is 715. The standard InChI is InChI=1S/C21H25ClN2O2/c1-16(26-20-10-6-5-9-19(20)22)21(25)23-18-11-13-24(14-12-18)15-17-7-3-2-4-8-17/h2-10,16,18H,11-15H2,1H3,(H,23,25). The average Bonchev–Trinajstić information content (AvgIpc) is 2.66. The maximum Gasteiger partial charge on any atom is 0.260 e. The van der Waals surface area contributed by atoms with Gasteiger partial charge in [0, 0.05) is 25.7 Å². The third-order valence-electron chi connectivity index (χ3n) is 4.69. The van der Waals surface area contributed by atoms with E-state index in [9.17, 15) is 4.79 Å². The van der Waals surface area contributed by atoms with E-state index < -0.39 is 6.10 Å². The first-order valence-electron chi connectivity index (χ1n) is 9.09. The molecule has 2 aromatic carbocycles. The summed E-state index contributed by atoms with van der Waals surface area (Å²) in [6.07, 6.45) is 1.34. The molecule has 0 aromatic heterocycles. The molecule has 1 fully saturated rings. The zero-order valence-corrected chi connectivity index (χ0v) is 15.8. The Morgan fingerprint density at radius 1 is 1.15 bits per heavy atom. The number of hydrogen-bond acceptors (Lipinski definition) is 3. The molecule has 3 rings (SSSR count). The lowest BCUT2D eigenvalue weighted by Crippen LogP contribution is -2.47. The molecule has 138 valence electrons. The Hall–Kier alpha value is -2.04. The van der Waals surface area contributed by atoms with E-state index in [0.717, 1.165) is 32.5 Å². The molecule has 1 aliphatic rings. The molecule has 5 heteroatoms. The van der Waals surface area contributed by atoms with Crippen LogP contribution in [0.1, 0.15) is 25.3 Å². The van der Waals surface area contributed by atoms with Gasteiger partial charge in [-0.15, -0.1) is 0 Å². The molecular weight excluding hydrogens is 348 g/mol. The van der Waals surface area contributed by atoms with E-state index in [4.69, 9.17) is 16.3 Å². The lowest BCUT2D eigenvalue weighted by molar-refractivity contribution is -0.128. The highest BCUT2D eigenvalue weighted by molar-refractivity contribution is 6.32. The third kappa shape index (κ3) is 5.23. The summed E-state index contributed by atoms with van der Waals surface area (Å²) in [5.41, 5.74) is 1.33. The van der Waals surface area contributed by atoms with Gasteiger partial charge in [-0.05, 0) is 37.5 Å². The van der Waals surface area contributed by atoms with Crippen molar-refractivity contribution in [1.82, 2.24) is 10.2 Å². The van der Waals surface area contributed by atoms with Crippen LogP contribution in [0.4, 0.5) is 0 Å². The summed E-state index contributed by atoms with van der Waals surface area (Å²) in [5.74, 6) is 0.445. The molecule has 1 atom stereocenters. The van der Waals surface area contributed by atoms with Crippen LogP contribution in [-0.2, 0) is 11.3 Å². The summed E-state index contributed by atoms with van der Waals surface area (Å²) in [4.78, 5) is 14.8. The quantitative estimate of drug-likeness (QED) is 0.836. The van der Waals surface area contributed by atoms with Gasteiger partial charge >= 0.3 is 0 Å². The van der Waals surface area contributed by atoms with E-state index in [1.807, 2.05) is 18.2 Å². The largest absolute Gasteiger partial charge is 0.479 e. The van der Waals surface area contributed by atoms with Crippen molar-refractivity contribution >= 4 is 17.5 Å². The van der Waals surface area contributed by atoms with Crippen molar-refractivity contribution < 1.29 is 9.53 Å². The fourth-order valence-corrected chi connectivity index (χ4v) is 3.36. The number of likely N-dealkylation sites (tertiary alicyclic amines) is 1. The summed E-state index contributed by atoms with van der Waals surface area (Å²) in [6, 6.07) is 17.9. The molecule has 1 aliphatic heterocycles. The second-order valence-corrected chi connectivity index (χ2v) is 7.14. The normalized spacial score (nSPS) is 16.8. The predicted molar refractivity (Wildman–Crippen MR) is 104 cm³/mol. The zero-order chi connectivity index (χ0) is 18.4. The molecule has 26 heavy (non-hydrogen) atoms. The Morgan fingerprint density at radius 2 is 1.81 bits per heavy atom. The fourth-order valence-electron chi connectivity index (χ4n) is 3.18. The molecule has 1 unspecified atom stereocenters. The van der Waals surface area contributed by atoms with Gasteiger partial charge in [-0.3, -0.25) is 9.69 Å². The molecule has 0 aliphatic carbocycles. The van der Waals surface area contributed by atoms with Crippen molar-refractivity contribution in [2.45, 2.75) is 38.5 Å².